The first-order chi connectivity index (χ1) is 6.90. The molecular formula is C9H16N4O. The Balaban J connectivity index is 1.89. The molecule has 2 heterocycles. The van der Waals surface area contributed by atoms with E-state index in [-0.39, 0.29) is 0 Å². The molecule has 1 fully saturated rings. The Labute approximate surface area is 83.5 Å². The van der Waals surface area contributed by atoms with Crippen LogP contribution in [0.15, 0.2) is 10.9 Å². The van der Waals surface area contributed by atoms with Gasteiger partial charge in [0.2, 0.25) is 6.39 Å². The molecule has 2 rings (SSSR count). The minimum absolute atomic E-state index is 0.647. The van der Waals surface area contributed by atoms with E-state index in [1.54, 1.807) is 0 Å². The second-order valence-corrected chi connectivity index (χ2v) is 3.63. The van der Waals surface area contributed by atoms with E-state index < -0.39 is 0 Å². The second kappa shape index (κ2) is 4.52. The fourth-order valence-corrected chi connectivity index (χ4v) is 1.65. The minimum atomic E-state index is 0.647. The van der Waals surface area contributed by atoms with Gasteiger partial charge in [-0.25, -0.2) is 0 Å². The van der Waals surface area contributed by atoms with Crippen molar-refractivity contribution in [3.05, 3.63) is 12.2 Å². The Kier molecular flexibility index (Phi) is 3.10. The zero-order valence-electron chi connectivity index (χ0n) is 8.44. The van der Waals surface area contributed by atoms with Crippen LogP contribution in [0.5, 0.6) is 0 Å². The lowest BCUT2D eigenvalue weighted by molar-refractivity contribution is 0.133. The molecule has 1 N–H and O–H groups in total. The molecule has 1 aliphatic rings. The highest BCUT2D eigenvalue weighted by atomic mass is 16.5. The van der Waals surface area contributed by atoms with Crippen molar-refractivity contribution >= 4 is 0 Å². The van der Waals surface area contributed by atoms with Crippen molar-refractivity contribution < 1.29 is 4.52 Å². The lowest BCUT2D eigenvalue weighted by atomic mass is 10.1. The lowest BCUT2D eigenvalue weighted by Crippen LogP contribution is -2.57. The molecule has 0 aromatic carbocycles. The Morgan fingerprint density at radius 3 is 3.00 bits per heavy atom. The van der Waals surface area contributed by atoms with Gasteiger partial charge in [0.1, 0.15) is 0 Å². The van der Waals surface area contributed by atoms with Gasteiger partial charge in [-0.3, -0.25) is 4.90 Å². The topological polar surface area (TPSA) is 54.2 Å². The molecule has 78 valence electrons. The van der Waals surface area contributed by atoms with Crippen LogP contribution >= 0.6 is 0 Å². The van der Waals surface area contributed by atoms with Crippen molar-refractivity contribution in [2.45, 2.75) is 25.9 Å². The van der Waals surface area contributed by atoms with E-state index in [2.05, 4.69) is 27.3 Å². The molecular weight excluding hydrogens is 180 g/mol. The van der Waals surface area contributed by atoms with Gasteiger partial charge in [0.05, 0.1) is 6.54 Å². The summed E-state index contributed by atoms with van der Waals surface area (Å²) in [5.74, 6) is 0.783. The van der Waals surface area contributed by atoms with Gasteiger partial charge in [-0.15, -0.1) is 0 Å². The Morgan fingerprint density at radius 1 is 1.64 bits per heavy atom. The smallest absolute Gasteiger partial charge is 0.213 e. The number of aromatic nitrogens is 2. The first kappa shape index (κ1) is 9.61. The van der Waals surface area contributed by atoms with E-state index in [9.17, 15) is 0 Å². The average Bonchev–Trinajstić information content (AvgIpc) is 2.54. The van der Waals surface area contributed by atoms with Crippen molar-refractivity contribution in [3.8, 4) is 0 Å². The van der Waals surface area contributed by atoms with E-state index in [4.69, 9.17) is 4.52 Å². The molecule has 1 aliphatic heterocycles. The van der Waals surface area contributed by atoms with Gasteiger partial charge in [0.15, 0.2) is 5.82 Å². The summed E-state index contributed by atoms with van der Waals surface area (Å²) in [6.07, 6.45) is 2.55. The van der Waals surface area contributed by atoms with Crippen molar-refractivity contribution in [1.29, 1.82) is 0 Å². The summed E-state index contributed by atoms with van der Waals surface area (Å²) < 4.78 is 4.72. The highest BCUT2D eigenvalue weighted by Gasteiger charge is 2.24. The number of hydrogen-bond acceptors (Lipinski definition) is 5. The van der Waals surface area contributed by atoms with Crippen LogP contribution in [-0.4, -0.2) is 40.7 Å². The standard InChI is InChI=1S/C9H16N4O/c1-2-3-13(8-4-10-5-8)6-9-11-7-14-12-9/h7-8,10H,2-6H2,1H3. The van der Waals surface area contributed by atoms with E-state index in [1.807, 2.05) is 0 Å². The SMILES string of the molecule is CCCN(Cc1ncon1)C1CNC1. The fraction of sp³-hybridized carbons (Fsp3) is 0.778. The van der Waals surface area contributed by atoms with Crippen LogP contribution in [0.25, 0.3) is 0 Å². The first-order valence-corrected chi connectivity index (χ1v) is 5.10. The lowest BCUT2D eigenvalue weighted by Gasteiger charge is -2.37. The molecule has 0 amide bonds. The van der Waals surface area contributed by atoms with Gasteiger partial charge < -0.3 is 9.84 Å². The largest absolute Gasteiger partial charge is 0.343 e. The number of rotatable bonds is 5. The Morgan fingerprint density at radius 2 is 2.50 bits per heavy atom. The molecule has 14 heavy (non-hydrogen) atoms. The van der Waals surface area contributed by atoms with Crippen LogP contribution in [-0.2, 0) is 6.54 Å². The molecule has 0 atom stereocenters. The molecule has 1 aromatic heterocycles. The van der Waals surface area contributed by atoms with Crippen LogP contribution in [0, 0.1) is 0 Å². The maximum atomic E-state index is 4.72. The number of nitrogens with zero attached hydrogens (tertiary/aromatic N) is 3. The van der Waals surface area contributed by atoms with Gasteiger partial charge in [-0.1, -0.05) is 12.1 Å². The molecule has 1 saturated heterocycles. The van der Waals surface area contributed by atoms with Crippen molar-refractivity contribution in [3.63, 3.8) is 0 Å². The highest BCUT2D eigenvalue weighted by Crippen LogP contribution is 2.09. The normalized spacial score (nSPS) is 17.3. The third kappa shape index (κ3) is 2.10. The van der Waals surface area contributed by atoms with Gasteiger partial charge in [-0.05, 0) is 13.0 Å². The van der Waals surface area contributed by atoms with Gasteiger partial charge >= 0.3 is 0 Å². The van der Waals surface area contributed by atoms with Gasteiger partial charge in [-0.2, -0.15) is 4.98 Å². The van der Waals surface area contributed by atoms with E-state index in [1.165, 1.54) is 6.39 Å². The van der Waals surface area contributed by atoms with E-state index in [0.29, 0.717) is 6.04 Å². The summed E-state index contributed by atoms with van der Waals surface area (Å²) in [6, 6.07) is 0.647. The van der Waals surface area contributed by atoms with Crippen LogP contribution in [0.1, 0.15) is 19.2 Å². The molecule has 1 aromatic rings. The van der Waals surface area contributed by atoms with Crippen LogP contribution in [0.2, 0.25) is 0 Å². The molecule has 0 unspecified atom stereocenters. The molecule has 0 bridgehead atoms. The fourth-order valence-electron chi connectivity index (χ4n) is 1.65. The quantitative estimate of drug-likeness (QED) is 0.731. The summed E-state index contributed by atoms with van der Waals surface area (Å²) in [7, 11) is 0. The Hall–Kier alpha value is -0.940. The predicted octanol–water partition coefficient (Wildman–Crippen LogP) is 0.253. The molecule has 0 aliphatic carbocycles. The van der Waals surface area contributed by atoms with Crippen molar-refractivity contribution in [1.82, 2.24) is 20.4 Å². The van der Waals surface area contributed by atoms with Crippen molar-refractivity contribution in [2.75, 3.05) is 19.6 Å². The zero-order valence-corrected chi connectivity index (χ0v) is 8.44. The van der Waals surface area contributed by atoms with Crippen LogP contribution < -0.4 is 5.32 Å². The maximum absolute atomic E-state index is 4.72. The summed E-state index contributed by atoms with van der Waals surface area (Å²) in [6.45, 7) is 6.25. The second-order valence-electron chi connectivity index (χ2n) is 3.63. The van der Waals surface area contributed by atoms with Gasteiger partial charge in [0, 0.05) is 19.1 Å². The minimum Gasteiger partial charge on any atom is -0.343 e. The highest BCUT2D eigenvalue weighted by molar-refractivity contribution is 4.88. The van der Waals surface area contributed by atoms with E-state index >= 15 is 0 Å². The Bertz CT molecular complexity index is 258. The summed E-state index contributed by atoms with van der Waals surface area (Å²) >= 11 is 0. The number of nitrogens with one attached hydrogen (secondary N) is 1. The third-order valence-corrected chi connectivity index (χ3v) is 2.54. The summed E-state index contributed by atoms with van der Waals surface area (Å²) in [4.78, 5) is 6.44. The van der Waals surface area contributed by atoms with Crippen LogP contribution in [0.4, 0.5) is 0 Å². The molecule has 0 spiro atoms. The summed E-state index contributed by atoms with van der Waals surface area (Å²) in [5.41, 5.74) is 0. The van der Waals surface area contributed by atoms with Crippen LogP contribution in [0.3, 0.4) is 0 Å². The molecule has 5 nitrogen and oxygen atoms in total. The third-order valence-electron chi connectivity index (χ3n) is 2.54. The van der Waals surface area contributed by atoms with Crippen molar-refractivity contribution in [2.24, 2.45) is 0 Å². The first-order valence-electron chi connectivity index (χ1n) is 5.10. The molecule has 0 saturated carbocycles. The van der Waals surface area contributed by atoms with Gasteiger partial charge in [0.25, 0.3) is 0 Å². The monoisotopic (exact) mass is 196 g/mol. The summed E-state index contributed by atoms with van der Waals surface area (Å²) in [5, 5.41) is 7.10. The number of hydrogen-bond donors (Lipinski definition) is 1. The van der Waals surface area contributed by atoms with E-state index in [0.717, 1.165) is 38.4 Å². The average molecular weight is 196 g/mol. The molecule has 5 heteroatoms. The maximum Gasteiger partial charge on any atom is 0.213 e. The molecule has 0 radical (unpaired) electrons. The predicted molar refractivity (Wildman–Crippen MR) is 51.7 cm³/mol. The zero-order chi connectivity index (χ0) is 9.80.